The Morgan fingerprint density at radius 1 is 0.164 bits per heavy atom. The molecule has 0 spiro atoms. The van der Waals surface area contributed by atoms with E-state index in [0.717, 1.165) is 12.3 Å². The highest BCUT2D eigenvalue weighted by molar-refractivity contribution is 4.56. The number of hydrogen-bond donors (Lipinski definition) is 1. The van der Waals surface area contributed by atoms with Crippen LogP contribution in [-0.4, -0.2) is 11.7 Å². The van der Waals surface area contributed by atoms with E-state index in [-0.39, 0.29) is 0 Å². The van der Waals surface area contributed by atoms with Crippen molar-refractivity contribution in [2.45, 2.75) is 373 Å². The normalized spacial score (nSPS) is 11.8. The van der Waals surface area contributed by atoms with Crippen LogP contribution in [-0.2, 0) is 0 Å². The van der Waals surface area contributed by atoms with Gasteiger partial charge in [-0.25, -0.2) is 0 Å². The average Bonchev–Trinajstić information content (AvgIpc) is 3.26. The molecule has 0 bridgehead atoms. The zero-order valence-electron chi connectivity index (χ0n) is 43.3. The molecule has 0 aliphatic rings. The van der Waals surface area contributed by atoms with Crippen molar-refractivity contribution < 1.29 is 5.11 Å². The van der Waals surface area contributed by atoms with Crippen LogP contribution in [0.15, 0.2) is 0 Å². The molecule has 1 heteroatoms. The summed E-state index contributed by atoms with van der Waals surface area (Å²) in [7, 11) is 0. The fourth-order valence-electron chi connectivity index (χ4n) is 10.0. The quantitative estimate of drug-likeness (QED) is 0.0604. The lowest BCUT2D eigenvalue weighted by atomic mass is 10.0. The lowest BCUT2D eigenvalue weighted by Gasteiger charge is -2.05. The maximum absolute atomic E-state index is 8.83. The summed E-state index contributed by atoms with van der Waals surface area (Å²) >= 11 is 0. The number of aliphatic hydroxyl groups excluding tert-OH is 1. The van der Waals surface area contributed by atoms with Crippen molar-refractivity contribution in [3.05, 3.63) is 0 Å². The predicted octanol–water partition coefficient (Wildman–Crippen LogP) is 22.5. The van der Waals surface area contributed by atoms with Crippen molar-refractivity contribution in [1.29, 1.82) is 0 Å². The van der Waals surface area contributed by atoms with Crippen LogP contribution in [0, 0.1) is 5.92 Å². The first kappa shape index (κ1) is 61.0. The predicted molar refractivity (Wildman–Crippen MR) is 280 cm³/mol. The summed E-state index contributed by atoms with van der Waals surface area (Å²) in [6, 6.07) is 0. The first-order valence-electron chi connectivity index (χ1n) is 29.9. The third-order valence-electron chi connectivity index (χ3n) is 14.4. The molecule has 1 N–H and O–H groups in total. The van der Waals surface area contributed by atoms with E-state index < -0.39 is 0 Å². The molecule has 61 heavy (non-hydrogen) atoms. The molecule has 0 radical (unpaired) electrons. The molecule has 0 saturated carbocycles. The zero-order valence-corrected chi connectivity index (χ0v) is 43.3. The lowest BCUT2D eigenvalue weighted by Crippen LogP contribution is -1.87. The largest absolute Gasteiger partial charge is 0.396 e. The lowest BCUT2D eigenvalue weighted by molar-refractivity contribution is 0.282. The summed E-state index contributed by atoms with van der Waals surface area (Å²) in [6.45, 7) is 5.08. The Balaban J connectivity index is 3.06. The van der Waals surface area contributed by atoms with Gasteiger partial charge in [0.25, 0.3) is 0 Å². The third-order valence-corrected chi connectivity index (χ3v) is 14.4. The second-order valence-electron chi connectivity index (χ2n) is 21.4. The average molecular weight is 860 g/mol. The maximum Gasteiger partial charge on any atom is 0.0431 e. The molecular weight excluding hydrogens is 737 g/mol. The Labute approximate surface area is 389 Å². The van der Waals surface area contributed by atoms with E-state index in [0.29, 0.717) is 6.61 Å². The summed E-state index contributed by atoms with van der Waals surface area (Å²) in [4.78, 5) is 0. The Bertz CT molecular complexity index is 714. The SMILES string of the molecule is CC(C)CCCCCCCCCCCCCCCCCCCCCCCCCCCCCCCCCCCCCCCCCCCCCCCCCCCCCCCCCO. The first-order chi connectivity index (χ1) is 30.3. The van der Waals surface area contributed by atoms with Crippen molar-refractivity contribution in [2.75, 3.05) is 6.61 Å². The minimum Gasteiger partial charge on any atom is -0.396 e. The first-order valence-corrected chi connectivity index (χ1v) is 29.9. The minimum atomic E-state index is 0.375. The highest BCUT2D eigenvalue weighted by Gasteiger charge is 2.00. The molecule has 0 fully saturated rings. The van der Waals surface area contributed by atoms with Crippen molar-refractivity contribution in [3.63, 3.8) is 0 Å². The van der Waals surface area contributed by atoms with Gasteiger partial charge in [0.15, 0.2) is 0 Å². The van der Waals surface area contributed by atoms with Gasteiger partial charge in [-0.2, -0.15) is 0 Å². The van der Waals surface area contributed by atoms with Crippen molar-refractivity contribution in [1.82, 2.24) is 0 Å². The minimum absolute atomic E-state index is 0.375. The highest BCUT2D eigenvalue weighted by Crippen LogP contribution is 2.19. The molecule has 0 aliphatic carbocycles. The molecule has 0 rings (SSSR count). The Morgan fingerprint density at radius 2 is 0.262 bits per heavy atom. The maximum atomic E-state index is 8.83. The van der Waals surface area contributed by atoms with Crippen molar-refractivity contribution in [3.8, 4) is 0 Å². The second kappa shape index (κ2) is 58.0. The molecular formula is C60H122O. The highest BCUT2D eigenvalue weighted by atomic mass is 16.2. The van der Waals surface area contributed by atoms with Gasteiger partial charge >= 0.3 is 0 Å². The standard InChI is InChI=1S/C60H122O/c1-60(2)58-56-54-52-50-48-46-44-42-40-38-36-34-32-30-28-26-24-22-20-18-16-14-12-10-8-6-4-3-5-7-9-11-13-15-17-19-21-23-25-27-29-31-33-35-37-39-41-43-45-47-49-51-53-55-57-59-61/h60-61H,3-59H2,1-2H3. The summed E-state index contributed by atoms with van der Waals surface area (Å²) in [5.74, 6) is 0.894. The Morgan fingerprint density at radius 3 is 0.361 bits per heavy atom. The monoisotopic (exact) mass is 859 g/mol. The van der Waals surface area contributed by atoms with E-state index in [1.165, 1.54) is 353 Å². The van der Waals surface area contributed by atoms with Gasteiger partial charge in [-0.15, -0.1) is 0 Å². The molecule has 0 amide bonds. The molecule has 0 aromatic heterocycles. The zero-order chi connectivity index (χ0) is 43.9. The summed E-state index contributed by atoms with van der Waals surface area (Å²) in [5.41, 5.74) is 0. The van der Waals surface area contributed by atoms with Crippen molar-refractivity contribution >= 4 is 0 Å². The van der Waals surface area contributed by atoms with Gasteiger partial charge in [0.1, 0.15) is 0 Å². The number of unbranched alkanes of at least 4 members (excludes halogenated alkanes) is 54. The molecule has 0 unspecified atom stereocenters. The van der Waals surface area contributed by atoms with Gasteiger partial charge in [-0.05, 0) is 12.3 Å². The van der Waals surface area contributed by atoms with E-state index in [1.54, 1.807) is 0 Å². The van der Waals surface area contributed by atoms with Crippen LogP contribution in [0.2, 0.25) is 0 Å². The Kier molecular flexibility index (Phi) is 57.9. The van der Waals surface area contributed by atoms with Crippen LogP contribution in [0.5, 0.6) is 0 Å². The molecule has 368 valence electrons. The van der Waals surface area contributed by atoms with Gasteiger partial charge in [0.05, 0.1) is 0 Å². The van der Waals surface area contributed by atoms with E-state index >= 15 is 0 Å². The van der Waals surface area contributed by atoms with Gasteiger partial charge in [-0.1, -0.05) is 367 Å². The van der Waals surface area contributed by atoms with Gasteiger partial charge in [0, 0.05) is 6.61 Å². The van der Waals surface area contributed by atoms with Crippen LogP contribution in [0.3, 0.4) is 0 Å². The summed E-state index contributed by atoms with van der Waals surface area (Å²) < 4.78 is 0. The van der Waals surface area contributed by atoms with Gasteiger partial charge in [0.2, 0.25) is 0 Å². The van der Waals surface area contributed by atoms with E-state index in [9.17, 15) is 0 Å². The Hall–Kier alpha value is -0.0400. The van der Waals surface area contributed by atoms with Crippen LogP contribution in [0.4, 0.5) is 0 Å². The summed E-state index contributed by atoms with van der Waals surface area (Å²) in [6.07, 6.45) is 82.0. The van der Waals surface area contributed by atoms with E-state index in [1.807, 2.05) is 0 Å². The third kappa shape index (κ3) is 60.0. The molecule has 0 aromatic rings. The number of rotatable bonds is 57. The van der Waals surface area contributed by atoms with Crippen LogP contribution >= 0.6 is 0 Å². The van der Waals surface area contributed by atoms with Crippen LogP contribution in [0.25, 0.3) is 0 Å². The molecule has 0 heterocycles. The molecule has 0 aromatic carbocycles. The van der Waals surface area contributed by atoms with E-state index in [2.05, 4.69) is 13.8 Å². The summed E-state index contributed by atoms with van der Waals surface area (Å²) in [5, 5.41) is 8.83. The van der Waals surface area contributed by atoms with Crippen LogP contribution < -0.4 is 0 Å². The topological polar surface area (TPSA) is 20.2 Å². The fraction of sp³-hybridized carbons (Fsp3) is 1.00. The molecule has 0 aliphatic heterocycles. The van der Waals surface area contributed by atoms with Gasteiger partial charge in [-0.3, -0.25) is 0 Å². The number of aliphatic hydroxyl groups is 1. The van der Waals surface area contributed by atoms with Crippen LogP contribution in [0.1, 0.15) is 373 Å². The smallest absolute Gasteiger partial charge is 0.0431 e. The van der Waals surface area contributed by atoms with Gasteiger partial charge < -0.3 is 5.11 Å². The fourth-order valence-corrected chi connectivity index (χ4v) is 10.0. The van der Waals surface area contributed by atoms with Crippen molar-refractivity contribution in [2.24, 2.45) is 5.92 Å². The van der Waals surface area contributed by atoms with E-state index in [4.69, 9.17) is 5.11 Å². The molecule has 0 saturated heterocycles. The molecule has 0 atom stereocenters. The second-order valence-corrected chi connectivity index (χ2v) is 21.4. The number of hydrogen-bond acceptors (Lipinski definition) is 1. The molecule has 1 nitrogen and oxygen atoms in total.